The van der Waals surface area contributed by atoms with Crippen LogP contribution in [0.25, 0.3) is 0 Å². The quantitative estimate of drug-likeness (QED) is 0.197. The average molecular weight is 562 g/mol. The van der Waals surface area contributed by atoms with Gasteiger partial charge in [-0.2, -0.15) is 0 Å². The van der Waals surface area contributed by atoms with Crippen molar-refractivity contribution in [1.82, 2.24) is 15.5 Å². The number of hydrogen-bond donors (Lipinski definition) is 2. The predicted octanol–water partition coefficient (Wildman–Crippen LogP) is 8.24. The highest BCUT2D eigenvalue weighted by molar-refractivity contribution is 5.84. The van der Waals surface area contributed by atoms with Crippen LogP contribution in [0.15, 0.2) is 0 Å². The number of rotatable bonds is 15. The molecule has 4 unspecified atom stereocenters. The van der Waals surface area contributed by atoms with E-state index in [4.69, 9.17) is 0 Å². The van der Waals surface area contributed by atoms with Crippen LogP contribution in [0.1, 0.15) is 137 Å². The molecule has 0 radical (unpaired) electrons. The first kappa shape index (κ1) is 50.4. The minimum absolute atomic E-state index is 0. The van der Waals surface area contributed by atoms with Gasteiger partial charge in [-0.3, -0.25) is 14.4 Å². The lowest BCUT2D eigenvalue weighted by molar-refractivity contribution is -0.130. The molecule has 1 aliphatic carbocycles. The smallest absolute Gasteiger partial charge is 0.223 e. The normalized spacial score (nSPS) is 16.4. The molecule has 1 saturated carbocycles. The van der Waals surface area contributed by atoms with Crippen molar-refractivity contribution in [1.29, 1.82) is 0 Å². The van der Waals surface area contributed by atoms with Crippen molar-refractivity contribution in [2.75, 3.05) is 33.7 Å². The van der Waals surface area contributed by atoms with Crippen LogP contribution in [0.3, 0.4) is 0 Å². The van der Waals surface area contributed by atoms with Crippen molar-refractivity contribution in [3.8, 4) is 0 Å². The maximum atomic E-state index is 13.1. The highest BCUT2D eigenvalue weighted by atomic mass is 16.2. The molecule has 39 heavy (non-hydrogen) atoms. The van der Waals surface area contributed by atoms with E-state index in [1.54, 1.807) is 0 Å². The van der Waals surface area contributed by atoms with E-state index in [2.05, 4.69) is 43.2 Å². The van der Waals surface area contributed by atoms with E-state index in [9.17, 15) is 14.4 Å². The van der Waals surface area contributed by atoms with Gasteiger partial charge in [0.1, 0.15) is 5.78 Å². The Morgan fingerprint density at radius 1 is 0.923 bits per heavy atom. The van der Waals surface area contributed by atoms with E-state index in [0.29, 0.717) is 38.1 Å². The van der Waals surface area contributed by atoms with Crippen molar-refractivity contribution < 1.29 is 14.4 Å². The SMILES string of the molecule is C.C.C.C.C.C.CCC(CC(CC(C)C(=O)NCCCC(C)(C)C)C(=O)NCCCN(C)C)C1CCCC1=O. The van der Waals surface area contributed by atoms with E-state index in [0.717, 1.165) is 45.1 Å². The minimum Gasteiger partial charge on any atom is -0.356 e. The first-order valence-corrected chi connectivity index (χ1v) is 13.2. The van der Waals surface area contributed by atoms with Crippen LogP contribution < -0.4 is 10.6 Å². The fourth-order valence-corrected chi connectivity index (χ4v) is 4.92. The molecule has 0 bridgehead atoms. The molecule has 1 rings (SSSR count). The molecule has 1 aliphatic rings. The number of nitrogens with zero attached hydrogens (tertiary/aromatic N) is 1. The molecular weight excluding hydrogens is 486 g/mol. The van der Waals surface area contributed by atoms with E-state index in [1.807, 2.05) is 21.0 Å². The second kappa shape index (κ2) is 25.5. The third kappa shape index (κ3) is 21.0. The second-order valence-electron chi connectivity index (χ2n) is 11.6. The second-order valence-corrected chi connectivity index (χ2v) is 11.6. The zero-order chi connectivity index (χ0) is 25.0. The number of ketones is 1. The van der Waals surface area contributed by atoms with Crippen LogP contribution in [0.4, 0.5) is 0 Å². The summed E-state index contributed by atoms with van der Waals surface area (Å²) in [5.41, 5.74) is 0.263. The molecule has 1 fully saturated rings. The number of hydrogen-bond acceptors (Lipinski definition) is 4. The number of amides is 2. The van der Waals surface area contributed by atoms with Crippen molar-refractivity contribution >= 4 is 17.6 Å². The molecule has 0 spiro atoms. The number of carbonyl (C=O) groups excluding carboxylic acids is 3. The van der Waals surface area contributed by atoms with Crippen molar-refractivity contribution in [2.24, 2.45) is 29.1 Å². The van der Waals surface area contributed by atoms with Gasteiger partial charge in [0.2, 0.25) is 11.8 Å². The van der Waals surface area contributed by atoms with Gasteiger partial charge in [-0.1, -0.05) is 85.6 Å². The van der Waals surface area contributed by atoms with Crippen LogP contribution >= 0.6 is 0 Å². The van der Waals surface area contributed by atoms with Gasteiger partial charge in [-0.25, -0.2) is 0 Å². The summed E-state index contributed by atoms with van der Waals surface area (Å²) in [6.45, 7) is 12.9. The van der Waals surface area contributed by atoms with Crippen molar-refractivity contribution in [2.45, 2.75) is 137 Å². The average Bonchev–Trinajstić information content (AvgIpc) is 3.15. The molecule has 0 aliphatic heterocycles. The molecule has 6 heteroatoms. The number of carbonyl (C=O) groups is 3. The largest absolute Gasteiger partial charge is 0.356 e. The molecule has 0 aromatic heterocycles. The van der Waals surface area contributed by atoms with E-state index < -0.39 is 0 Å². The van der Waals surface area contributed by atoms with Gasteiger partial charge in [-0.05, 0) is 76.9 Å². The van der Waals surface area contributed by atoms with Crippen LogP contribution in [0.5, 0.6) is 0 Å². The van der Waals surface area contributed by atoms with Crippen molar-refractivity contribution in [3.63, 3.8) is 0 Å². The third-order valence-electron chi connectivity index (χ3n) is 6.97. The lowest BCUT2D eigenvalue weighted by Crippen LogP contribution is -2.38. The topological polar surface area (TPSA) is 78.5 Å². The minimum atomic E-state index is -0.238. The zero-order valence-corrected chi connectivity index (χ0v) is 22.5. The van der Waals surface area contributed by atoms with Gasteiger partial charge in [0, 0.05) is 37.3 Å². The molecule has 4 atom stereocenters. The van der Waals surface area contributed by atoms with Gasteiger partial charge in [0.05, 0.1) is 0 Å². The zero-order valence-electron chi connectivity index (χ0n) is 22.5. The Kier molecular flexibility index (Phi) is 33.0. The molecule has 240 valence electrons. The Labute approximate surface area is 247 Å². The van der Waals surface area contributed by atoms with Gasteiger partial charge < -0.3 is 15.5 Å². The Balaban J connectivity index is -0.000000454. The fraction of sp³-hybridized carbons (Fsp3) is 0.909. The standard InChI is InChI=1S/C27H51N3O3.6CH4/c1-8-21(23-12-9-13-24(23)31)19-22(26(33)29-16-11-17-30(6)7)18-20(2)25(32)28-15-10-14-27(3,4)5;;;;;;/h20-23H,8-19H2,1-7H3,(H,28,32)(H,29,33);6*1H4. The van der Waals surface area contributed by atoms with Crippen LogP contribution in [0, 0.1) is 29.1 Å². The molecule has 0 aromatic rings. The molecule has 0 heterocycles. The maximum Gasteiger partial charge on any atom is 0.223 e. The molecule has 0 saturated heterocycles. The first-order valence-electron chi connectivity index (χ1n) is 13.2. The van der Waals surface area contributed by atoms with E-state index in [1.165, 1.54) is 0 Å². The summed E-state index contributed by atoms with van der Waals surface area (Å²) < 4.78 is 0. The molecule has 0 aromatic carbocycles. The lowest BCUT2D eigenvalue weighted by Gasteiger charge is -2.27. The van der Waals surface area contributed by atoms with Crippen LogP contribution in [-0.4, -0.2) is 56.2 Å². The Hall–Kier alpha value is -1.43. The Morgan fingerprint density at radius 2 is 1.46 bits per heavy atom. The van der Waals surface area contributed by atoms with Crippen molar-refractivity contribution in [3.05, 3.63) is 0 Å². The van der Waals surface area contributed by atoms with Gasteiger partial charge in [0.25, 0.3) is 0 Å². The molecular formula is C33H75N3O3. The Morgan fingerprint density at radius 3 is 1.92 bits per heavy atom. The molecule has 6 nitrogen and oxygen atoms in total. The van der Waals surface area contributed by atoms with Crippen LogP contribution in [-0.2, 0) is 14.4 Å². The summed E-state index contributed by atoms with van der Waals surface area (Å²) in [5.74, 6) is 0.257. The predicted molar refractivity (Wildman–Crippen MR) is 176 cm³/mol. The highest BCUT2D eigenvalue weighted by Crippen LogP contribution is 2.35. The van der Waals surface area contributed by atoms with Gasteiger partial charge in [-0.15, -0.1) is 0 Å². The monoisotopic (exact) mass is 562 g/mol. The summed E-state index contributed by atoms with van der Waals surface area (Å²) >= 11 is 0. The summed E-state index contributed by atoms with van der Waals surface area (Å²) in [5, 5.41) is 6.16. The highest BCUT2D eigenvalue weighted by Gasteiger charge is 2.35. The van der Waals surface area contributed by atoms with E-state index >= 15 is 0 Å². The Bertz CT molecular complexity index is 614. The van der Waals surface area contributed by atoms with E-state index in [-0.39, 0.29) is 85.5 Å². The number of nitrogens with one attached hydrogen (secondary N) is 2. The van der Waals surface area contributed by atoms with Gasteiger partial charge >= 0.3 is 0 Å². The third-order valence-corrected chi connectivity index (χ3v) is 6.97. The van der Waals surface area contributed by atoms with Gasteiger partial charge in [0.15, 0.2) is 0 Å². The number of Topliss-reactive ketones (excluding diaryl/α,β-unsaturated/α-hetero) is 1. The lowest BCUT2D eigenvalue weighted by atomic mass is 9.78. The first-order chi connectivity index (χ1) is 15.4. The summed E-state index contributed by atoms with van der Waals surface area (Å²) in [6.07, 6.45) is 7.62. The molecule has 2 amide bonds. The summed E-state index contributed by atoms with van der Waals surface area (Å²) in [7, 11) is 4.05. The maximum absolute atomic E-state index is 13.1. The summed E-state index contributed by atoms with van der Waals surface area (Å²) in [4.78, 5) is 40.3. The molecule has 2 N–H and O–H groups in total. The van der Waals surface area contributed by atoms with Crippen LogP contribution in [0.2, 0.25) is 0 Å². The fourth-order valence-electron chi connectivity index (χ4n) is 4.92. The summed E-state index contributed by atoms with van der Waals surface area (Å²) in [6, 6.07) is 0.